The van der Waals surface area contributed by atoms with Crippen molar-refractivity contribution in [2.24, 2.45) is 5.92 Å². The number of rotatable bonds is 8. The largest absolute Gasteiger partial charge is 0.298 e. The van der Waals surface area contributed by atoms with Crippen molar-refractivity contribution in [3.8, 4) is 11.3 Å². The Morgan fingerprint density at radius 2 is 1.83 bits per heavy atom. The number of sulfonamides is 1. The lowest BCUT2D eigenvalue weighted by atomic mass is 10.0. The predicted molar refractivity (Wildman–Crippen MR) is 124 cm³/mol. The van der Waals surface area contributed by atoms with Gasteiger partial charge in [-0.2, -0.15) is 13.1 Å². The van der Waals surface area contributed by atoms with E-state index in [9.17, 15) is 26.4 Å². The van der Waals surface area contributed by atoms with E-state index >= 15 is 0 Å². The van der Waals surface area contributed by atoms with E-state index in [0.717, 1.165) is 25.5 Å². The summed E-state index contributed by atoms with van der Waals surface area (Å²) in [5.74, 6) is -3.63. The van der Waals surface area contributed by atoms with Crippen molar-refractivity contribution in [2.45, 2.75) is 55.5 Å². The summed E-state index contributed by atoms with van der Waals surface area (Å²) >= 11 is 0. The Balaban J connectivity index is 1.28. The molecule has 188 valence electrons. The van der Waals surface area contributed by atoms with Gasteiger partial charge in [-0.3, -0.25) is 9.78 Å². The molecule has 36 heavy (non-hydrogen) atoms. The third kappa shape index (κ3) is 4.77. The van der Waals surface area contributed by atoms with Crippen molar-refractivity contribution in [1.82, 2.24) is 19.3 Å². The number of piperidine rings is 1. The van der Waals surface area contributed by atoms with Crippen LogP contribution in [0.25, 0.3) is 11.3 Å². The van der Waals surface area contributed by atoms with Crippen LogP contribution in [0.15, 0.2) is 59.9 Å². The number of alkyl halides is 2. The molecular weight excluding hydrogens is 493 g/mol. The van der Waals surface area contributed by atoms with E-state index in [4.69, 9.17) is 0 Å². The van der Waals surface area contributed by atoms with Crippen LogP contribution in [0, 0.1) is 11.7 Å². The smallest absolute Gasteiger partial charge is 0.286 e. The number of carbonyl (C=O) groups is 1. The SMILES string of the molecule is CC(F)(F)c1ccc(-c2cc(CCC(=O)[C@@H]3C[C@H]4C[C@H]4N3S(=O)(=O)c3ccc(F)cc3)ncn2)cn1. The summed E-state index contributed by atoms with van der Waals surface area (Å²) in [7, 11) is -3.94. The van der Waals surface area contributed by atoms with E-state index in [0.29, 0.717) is 23.4 Å². The number of benzene rings is 1. The van der Waals surface area contributed by atoms with Gasteiger partial charge in [-0.15, -0.1) is 0 Å². The molecular formula is C25H23F3N4O3S. The second-order valence-electron chi connectivity index (χ2n) is 9.28. The second kappa shape index (κ2) is 9.04. The van der Waals surface area contributed by atoms with E-state index in [1.807, 2.05) is 0 Å². The molecule has 2 aliphatic rings. The fraction of sp³-hybridized carbons (Fsp3) is 0.360. The highest BCUT2D eigenvalue weighted by molar-refractivity contribution is 7.89. The molecule has 0 unspecified atom stereocenters. The Morgan fingerprint density at radius 3 is 2.50 bits per heavy atom. The number of hydrogen-bond donors (Lipinski definition) is 0. The van der Waals surface area contributed by atoms with Gasteiger partial charge in [0.15, 0.2) is 5.78 Å². The van der Waals surface area contributed by atoms with Gasteiger partial charge in [0.25, 0.3) is 5.92 Å². The zero-order chi connectivity index (χ0) is 25.7. The first-order chi connectivity index (χ1) is 17.0. The number of aryl methyl sites for hydroxylation is 1. The molecule has 3 heterocycles. The van der Waals surface area contributed by atoms with Crippen molar-refractivity contribution in [3.05, 3.63) is 72.2 Å². The molecule has 3 aromatic rings. The maximum atomic E-state index is 13.4. The van der Waals surface area contributed by atoms with Crippen LogP contribution in [0.2, 0.25) is 0 Å². The van der Waals surface area contributed by atoms with Gasteiger partial charge < -0.3 is 0 Å². The van der Waals surface area contributed by atoms with E-state index in [2.05, 4.69) is 15.0 Å². The molecule has 7 nitrogen and oxygen atoms in total. The van der Waals surface area contributed by atoms with Gasteiger partial charge in [0.05, 0.1) is 16.6 Å². The molecule has 0 amide bonds. The van der Waals surface area contributed by atoms with Crippen molar-refractivity contribution >= 4 is 15.8 Å². The number of aromatic nitrogens is 3. The Morgan fingerprint density at radius 1 is 1.08 bits per heavy atom. The van der Waals surface area contributed by atoms with Crippen molar-refractivity contribution in [1.29, 1.82) is 0 Å². The predicted octanol–water partition coefficient (Wildman–Crippen LogP) is 4.14. The average Bonchev–Trinajstić information content (AvgIpc) is 3.50. The van der Waals surface area contributed by atoms with E-state index < -0.39 is 27.8 Å². The van der Waals surface area contributed by atoms with Crippen molar-refractivity contribution < 1.29 is 26.4 Å². The minimum Gasteiger partial charge on any atom is -0.298 e. The summed E-state index contributed by atoms with van der Waals surface area (Å²) in [6.45, 7) is 0.772. The van der Waals surface area contributed by atoms with E-state index in [-0.39, 0.29) is 41.2 Å². The topological polar surface area (TPSA) is 93.1 Å². The first-order valence-corrected chi connectivity index (χ1v) is 13.0. The molecule has 1 aromatic carbocycles. The molecule has 0 N–H and O–H groups in total. The minimum atomic E-state index is -3.94. The zero-order valence-corrected chi connectivity index (χ0v) is 20.1. The number of ketones is 1. The van der Waals surface area contributed by atoms with Gasteiger partial charge in [-0.05, 0) is 67.6 Å². The lowest BCUT2D eigenvalue weighted by Crippen LogP contribution is -2.43. The highest BCUT2D eigenvalue weighted by Gasteiger charge is 2.58. The molecule has 11 heteroatoms. The minimum absolute atomic E-state index is 0.0323. The number of pyridine rings is 1. The summed E-state index contributed by atoms with van der Waals surface area (Å²) in [5, 5.41) is 0. The monoisotopic (exact) mass is 516 g/mol. The number of hydrogen-bond acceptors (Lipinski definition) is 6. The van der Waals surface area contributed by atoms with E-state index in [1.54, 1.807) is 6.07 Å². The fourth-order valence-electron chi connectivity index (χ4n) is 4.68. The lowest BCUT2D eigenvalue weighted by Gasteiger charge is -2.26. The zero-order valence-electron chi connectivity index (χ0n) is 19.3. The van der Waals surface area contributed by atoms with Crippen LogP contribution < -0.4 is 0 Å². The Labute approximate surface area is 206 Å². The number of fused-ring (bicyclic) bond motifs is 1. The third-order valence-electron chi connectivity index (χ3n) is 6.67. The van der Waals surface area contributed by atoms with Crippen LogP contribution in [-0.2, 0) is 27.2 Å². The maximum Gasteiger partial charge on any atom is 0.286 e. The Kier molecular flexibility index (Phi) is 6.16. The van der Waals surface area contributed by atoms with E-state index in [1.165, 1.54) is 41.1 Å². The Hall–Kier alpha value is -3.18. The molecule has 0 radical (unpaired) electrons. The normalized spacial score (nSPS) is 21.8. The molecule has 0 bridgehead atoms. The molecule has 0 spiro atoms. The van der Waals surface area contributed by atoms with Gasteiger partial charge in [0.1, 0.15) is 17.8 Å². The molecule has 2 aromatic heterocycles. The molecule has 1 aliphatic heterocycles. The molecule has 2 fully saturated rings. The van der Waals surface area contributed by atoms with Crippen LogP contribution in [0.1, 0.15) is 37.6 Å². The average molecular weight is 517 g/mol. The summed E-state index contributed by atoms with van der Waals surface area (Å²) in [4.78, 5) is 25.3. The third-order valence-corrected chi connectivity index (χ3v) is 8.61. The summed E-state index contributed by atoms with van der Waals surface area (Å²) in [6, 6.07) is 8.04. The quantitative estimate of drug-likeness (QED) is 0.447. The van der Waals surface area contributed by atoms with Gasteiger partial charge in [-0.1, -0.05) is 0 Å². The molecule has 5 rings (SSSR count). The molecule has 1 saturated carbocycles. The standard InChI is InChI=1S/C25H23F3N4O3S/c1-25(27,28)24-9-2-15(13-29-24)20-12-18(30-14-31-20)5-8-23(33)22-11-16-10-21(16)32(22)36(34,35)19-6-3-17(26)4-7-19/h2-4,6-7,9,12-14,16,21-22H,5,8,10-11H2,1H3/t16-,21-,22+/m1/s1. The lowest BCUT2D eigenvalue weighted by molar-refractivity contribution is -0.122. The summed E-state index contributed by atoms with van der Waals surface area (Å²) < 4.78 is 67.9. The number of nitrogens with zero attached hydrogens (tertiary/aromatic N) is 4. The maximum absolute atomic E-state index is 13.4. The van der Waals surface area contributed by atoms with Gasteiger partial charge in [0.2, 0.25) is 10.0 Å². The van der Waals surface area contributed by atoms with Crippen LogP contribution in [0.5, 0.6) is 0 Å². The van der Waals surface area contributed by atoms with Gasteiger partial charge in [-0.25, -0.2) is 22.8 Å². The number of Topliss-reactive ketones (excluding diaryl/α,β-unsaturated/α-hetero) is 1. The number of carbonyl (C=O) groups excluding carboxylic acids is 1. The summed E-state index contributed by atoms with van der Waals surface area (Å²) in [5.41, 5.74) is 1.23. The first kappa shape index (κ1) is 24.5. The summed E-state index contributed by atoms with van der Waals surface area (Å²) in [6.07, 6.45) is 4.17. The van der Waals surface area contributed by atoms with Crippen LogP contribution >= 0.6 is 0 Å². The fourth-order valence-corrected chi connectivity index (χ4v) is 6.56. The van der Waals surface area contributed by atoms with Crippen LogP contribution in [0.4, 0.5) is 13.2 Å². The highest BCUT2D eigenvalue weighted by Crippen LogP contribution is 2.50. The van der Waals surface area contributed by atoms with Crippen molar-refractivity contribution in [2.75, 3.05) is 0 Å². The van der Waals surface area contributed by atoms with Gasteiger partial charge >= 0.3 is 0 Å². The van der Waals surface area contributed by atoms with Gasteiger partial charge in [0, 0.05) is 36.8 Å². The number of halogens is 3. The van der Waals surface area contributed by atoms with Crippen LogP contribution in [0.3, 0.4) is 0 Å². The van der Waals surface area contributed by atoms with Crippen LogP contribution in [-0.4, -0.2) is 45.5 Å². The first-order valence-electron chi connectivity index (χ1n) is 11.5. The molecule has 1 aliphatic carbocycles. The van der Waals surface area contributed by atoms with Crippen molar-refractivity contribution in [3.63, 3.8) is 0 Å². The second-order valence-corrected chi connectivity index (χ2v) is 11.1. The highest BCUT2D eigenvalue weighted by atomic mass is 32.2. The molecule has 3 atom stereocenters. The molecule has 1 saturated heterocycles. The Bertz CT molecular complexity index is 1390.